The van der Waals surface area contributed by atoms with E-state index in [0.29, 0.717) is 5.92 Å². The van der Waals surface area contributed by atoms with Crippen molar-refractivity contribution in [3.05, 3.63) is 136 Å². The molecule has 3 aromatic rings. The van der Waals surface area contributed by atoms with Crippen LogP contribution < -0.4 is 0 Å². The number of hydrogen-bond donors (Lipinski definition) is 0. The summed E-state index contributed by atoms with van der Waals surface area (Å²) in [6, 6.07) is 23.5. The first-order chi connectivity index (χ1) is 20.0. The fourth-order valence-electron chi connectivity index (χ4n) is 7.48. The van der Waals surface area contributed by atoms with Gasteiger partial charge in [-0.25, -0.2) is 0 Å². The highest BCUT2D eigenvalue weighted by molar-refractivity contribution is 5.81. The normalized spacial score (nSPS) is 17.7. The second kappa shape index (κ2) is 10.7. The lowest BCUT2D eigenvalue weighted by Crippen LogP contribution is -2.28. The molecular weight excluding hydrogens is 504 g/mol. The third-order valence-electron chi connectivity index (χ3n) is 10.1. The predicted octanol–water partition coefficient (Wildman–Crippen LogP) is 11.7. The molecule has 3 aliphatic rings. The van der Waals surface area contributed by atoms with Gasteiger partial charge in [0.25, 0.3) is 0 Å². The molecule has 0 aromatic heterocycles. The number of fused-ring (bicyclic) bond motifs is 4. The van der Waals surface area contributed by atoms with Crippen molar-refractivity contribution in [1.82, 2.24) is 0 Å². The molecule has 1 unspecified atom stereocenters. The highest BCUT2D eigenvalue weighted by Gasteiger charge is 2.44. The zero-order valence-corrected chi connectivity index (χ0v) is 26.9. The highest BCUT2D eigenvalue weighted by Crippen LogP contribution is 2.59. The van der Waals surface area contributed by atoms with Crippen LogP contribution in [0.25, 0.3) is 16.7 Å². The first-order valence-corrected chi connectivity index (χ1v) is 16.1. The maximum Gasteiger partial charge on any atom is 0.0196 e. The molecule has 0 N–H and O–H groups in total. The molecule has 0 saturated heterocycles. The zero-order valence-electron chi connectivity index (χ0n) is 26.9. The van der Waals surface area contributed by atoms with Gasteiger partial charge in [-0.05, 0) is 98.6 Å². The molecule has 0 amide bonds. The van der Waals surface area contributed by atoms with Gasteiger partial charge in [0.1, 0.15) is 0 Å². The standard InChI is InChI=1S/C42H48/c1-40(2,3)32-22-24-35-36-25-23-33(41(4,5)6)28-38(36)39(37(35)27-32)42(7,31-17-11-12-18-31)26-14-8-9-15-29-20-21-30-16-10-13-19-34(29)30/h8-11,13,16-20,22-25,27-28,39H,12,14-15,21,26H2,1-7H3. The summed E-state index contributed by atoms with van der Waals surface area (Å²) in [5.41, 5.74) is 14.9. The Morgan fingerprint density at radius 3 is 1.95 bits per heavy atom. The van der Waals surface area contributed by atoms with Crippen LogP contribution in [0.5, 0.6) is 0 Å². The molecule has 0 saturated carbocycles. The van der Waals surface area contributed by atoms with E-state index in [1.807, 2.05) is 0 Å². The van der Waals surface area contributed by atoms with Crippen LogP contribution in [0, 0.1) is 5.41 Å². The van der Waals surface area contributed by atoms with Crippen LogP contribution in [-0.4, -0.2) is 0 Å². The SMILES string of the molecule is CC(C)(C)c1ccc2c(c1)C(C(C)(CCC=CCC1=CCc3ccccc31)C1=CCC=C1)c1cc(C(C)(C)C)ccc1-2. The maximum absolute atomic E-state index is 2.55. The quantitative estimate of drug-likeness (QED) is 0.256. The molecule has 42 heavy (non-hydrogen) atoms. The third-order valence-corrected chi connectivity index (χ3v) is 10.1. The minimum absolute atomic E-state index is 0.00355. The summed E-state index contributed by atoms with van der Waals surface area (Å²) in [6.07, 6.45) is 19.9. The molecule has 0 aliphatic heterocycles. The lowest BCUT2D eigenvalue weighted by molar-refractivity contribution is 0.332. The van der Waals surface area contributed by atoms with Gasteiger partial charge in [0.2, 0.25) is 0 Å². The minimum atomic E-state index is 0.00355. The van der Waals surface area contributed by atoms with Gasteiger partial charge in [-0.15, -0.1) is 0 Å². The van der Waals surface area contributed by atoms with Crippen molar-refractivity contribution in [2.24, 2.45) is 5.41 Å². The Labute approximate surface area is 255 Å². The number of benzene rings is 3. The van der Waals surface area contributed by atoms with Gasteiger partial charge in [-0.1, -0.05) is 146 Å². The summed E-state index contributed by atoms with van der Waals surface area (Å²) >= 11 is 0. The second-order valence-electron chi connectivity index (χ2n) is 15.1. The molecule has 0 heteroatoms. The zero-order chi connectivity index (χ0) is 29.7. The second-order valence-corrected chi connectivity index (χ2v) is 15.1. The van der Waals surface area contributed by atoms with E-state index >= 15 is 0 Å². The molecule has 0 radical (unpaired) electrons. The maximum atomic E-state index is 2.55. The smallest absolute Gasteiger partial charge is 0.0196 e. The molecule has 0 heterocycles. The van der Waals surface area contributed by atoms with Crippen molar-refractivity contribution in [1.29, 1.82) is 0 Å². The van der Waals surface area contributed by atoms with Crippen LogP contribution in [0.2, 0.25) is 0 Å². The van der Waals surface area contributed by atoms with Crippen molar-refractivity contribution in [3.63, 3.8) is 0 Å². The first kappa shape index (κ1) is 28.7. The third kappa shape index (κ3) is 5.19. The van der Waals surface area contributed by atoms with Crippen LogP contribution in [0.4, 0.5) is 0 Å². The molecule has 216 valence electrons. The Kier molecular flexibility index (Phi) is 7.33. The predicted molar refractivity (Wildman–Crippen MR) is 182 cm³/mol. The topological polar surface area (TPSA) is 0 Å². The summed E-state index contributed by atoms with van der Waals surface area (Å²) in [5, 5.41) is 0. The van der Waals surface area contributed by atoms with Gasteiger partial charge < -0.3 is 0 Å². The van der Waals surface area contributed by atoms with Crippen molar-refractivity contribution >= 4 is 5.57 Å². The van der Waals surface area contributed by atoms with Crippen molar-refractivity contribution in [2.45, 2.75) is 97.3 Å². The van der Waals surface area contributed by atoms with Crippen molar-refractivity contribution in [3.8, 4) is 11.1 Å². The monoisotopic (exact) mass is 552 g/mol. The van der Waals surface area contributed by atoms with Crippen molar-refractivity contribution < 1.29 is 0 Å². The summed E-state index contributed by atoms with van der Waals surface area (Å²) in [5.74, 6) is 0.332. The Hall–Kier alpha value is -3.38. The summed E-state index contributed by atoms with van der Waals surface area (Å²) in [4.78, 5) is 0. The van der Waals surface area contributed by atoms with Gasteiger partial charge in [-0.3, -0.25) is 0 Å². The van der Waals surface area contributed by atoms with E-state index in [2.05, 4.69) is 146 Å². The molecule has 3 aromatic carbocycles. The number of rotatable bonds is 7. The van der Waals surface area contributed by atoms with Gasteiger partial charge in [0.05, 0.1) is 0 Å². The fraction of sp³-hybridized carbons (Fsp3) is 0.381. The molecule has 3 aliphatic carbocycles. The average Bonchev–Trinajstić information content (AvgIpc) is 3.69. The highest BCUT2D eigenvalue weighted by atomic mass is 14.5. The van der Waals surface area contributed by atoms with Crippen LogP contribution in [0.15, 0.2) is 103 Å². The van der Waals surface area contributed by atoms with E-state index in [4.69, 9.17) is 0 Å². The van der Waals surface area contributed by atoms with Gasteiger partial charge in [0, 0.05) is 11.3 Å². The fourth-order valence-corrected chi connectivity index (χ4v) is 7.48. The molecule has 0 fully saturated rings. The van der Waals surface area contributed by atoms with Gasteiger partial charge in [0.15, 0.2) is 0 Å². The van der Waals surface area contributed by atoms with E-state index in [9.17, 15) is 0 Å². The Morgan fingerprint density at radius 2 is 1.36 bits per heavy atom. The molecule has 0 nitrogen and oxygen atoms in total. The molecule has 1 atom stereocenters. The van der Waals surface area contributed by atoms with E-state index in [0.717, 1.165) is 32.1 Å². The van der Waals surface area contributed by atoms with E-state index < -0.39 is 0 Å². The molecule has 0 spiro atoms. The summed E-state index contributed by atoms with van der Waals surface area (Å²) in [7, 11) is 0. The molecule has 0 bridgehead atoms. The average molecular weight is 553 g/mol. The number of hydrogen-bond acceptors (Lipinski definition) is 0. The Bertz CT molecular complexity index is 1560. The molecule has 6 rings (SSSR count). The Morgan fingerprint density at radius 1 is 0.714 bits per heavy atom. The van der Waals surface area contributed by atoms with Crippen LogP contribution in [0.1, 0.15) is 113 Å². The van der Waals surface area contributed by atoms with Crippen molar-refractivity contribution in [2.75, 3.05) is 0 Å². The first-order valence-electron chi connectivity index (χ1n) is 16.1. The largest absolute Gasteiger partial charge is 0.0882 e. The Balaban J connectivity index is 1.36. The molecular formula is C42H48. The van der Waals surface area contributed by atoms with Gasteiger partial charge >= 0.3 is 0 Å². The summed E-state index contributed by atoms with van der Waals surface area (Å²) < 4.78 is 0. The van der Waals surface area contributed by atoms with Gasteiger partial charge in [-0.2, -0.15) is 0 Å². The van der Waals surface area contributed by atoms with E-state index in [1.54, 1.807) is 0 Å². The van der Waals surface area contributed by atoms with Crippen LogP contribution in [-0.2, 0) is 17.3 Å². The summed E-state index contributed by atoms with van der Waals surface area (Å²) in [6.45, 7) is 16.6. The van der Waals surface area contributed by atoms with E-state index in [1.165, 1.54) is 55.7 Å². The van der Waals surface area contributed by atoms with Crippen LogP contribution >= 0.6 is 0 Å². The van der Waals surface area contributed by atoms with Crippen LogP contribution in [0.3, 0.4) is 0 Å². The van der Waals surface area contributed by atoms with E-state index in [-0.39, 0.29) is 16.2 Å². The number of allylic oxidation sites excluding steroid dienone is 8. The lowest BCUT2D eigenvalue weighted by atomic mass is 9.64. The lowest BCUT2D eigenvalue weighted by Gasteiger charge is -2.39. The minimum Gasteiger partial charge on any atom is -0.0882 e.